The van der Waals surface area contributed by atoms with Gasteiger partial charge in [0.2, 0.25) is 5.91 Å². The molecule has 1 aliphatic rings. The third-order valence-corrected chi connectivity index (χ3v) is 3.31. The van der Waals surface area contributed by atoms with Gasteiger partial charge in [-0.2, -0.15) is 13.2 Å². The van der Waals surface area contributed by atoms with Crippen molar-refractivity contribution in [3.8, 4) is 0 Å². The minimum atomic E-state index is -4.43. The number of likely N-dealkylation sites (tertiary alicyclic amines) is 1. The molecule has 21 heavy (non-hydrogen) atoms. The second kappa shape index (κ2) is 6.30. The van der Waals surface area contributed by atoms with Gasteiger partial charge in [-0.05, 0) is 25.0 Å². The van der Waals surface area contributed by atoms with Crippen LogP contribution in [0.1, 0.15) is 18.4 Å². The summed E-state index contributed by atoms with van der Waals surface area (Å²) in [5.74, 6) is 0.0594. The van der Waals surface area contributed by atoms with Gasteiger partial charge in [-0.25, -0.2) is 4.98 Å². The van der Waals surface area contributed by atoms with Gasteiger partial charge >= 0.3 is 6.18 Å². The van der Waals surface area contributed by atoms with E-state index in [0.29, 0.717) is 13.0 Å². The molecule has 1 atom stereocenters. The summed E-state index contributed by atoms with van der Waals surface area (Å²) in [6.07, 6.45) is -2.33. The zero-order chi connectivity index (χ0) is 15.5. The molecule has 1 amide bonds. The number of aliphatic hydroxyl groups is 1. The predicted molar refractivity (Wildman–Crippen MR) is 69.5 cm³/mol. The second-order valence-electron chi connectivity index (χ2n) is 4.82. The van der Waals surface area contributed by atoms with Crippen molar-refractivity contribution < 1.29 is 23.1 Å². The molecule has 0 bridgehead atoms. The van der Waals surface area contributed by atoms with Gasteiger partial charge in [-0.1, -0.05) is 0 Å². The topological polar surface area (TPSA) is 65.5 Å². The number of hydrogen-bond donors (Lipinski definition) is 2. The molecular formula is C13H16F3N3O2. The van der Waals surface area contributed by atoms with Crippen LogP contribution < -0.4 is 5.32 Å². The fourth-order valence-corrected chi connectivity index (χ4v) is 2.24. The van der Waals surface area contributed by atoms with E-state index in [0.717, 1.165) is 18.7 Å². The Bertz CT molecular complexity index is 488. The van der Waals surface area contributed by atoms with Gasteiger partial charge in [0.25, 0.3) is 0 Å². The number of β-amino-alcohol motifs (C(OH)–C–C–N with tert-alkyl or cyclic N) is 1. The van der Waals surface area contributed by atoms with Crippen molar-refractivity contribution in [1.82, 2.24) is 9.88 Å². The third-order valence-electron chi connectivity index (χ3n) is 3.31. The van der Waals surface area contributed by atoms with Gasteiger partial charge < -0.3 is 15.3 Å². The van der Waals surface area contributed by atoms with Gasteiger partial charge in [0.05, 0.1) is 12.2 Å². The number of pyridine rings is 1. The molecular weight excluding hydrogens is 287 g/mol. The summed E-state index contributed by atoms with van der Waals surface area (Å²) in [7, 11) is 0. The van der Waals surface area contributed by atoms with Crippen LogP contribution >= 0.6 is 0 Å². The maximum absolute atomic E-state index is 12.4. The Labute approximate surface area is 119 Å². The van der Waals surface area contributed by atoms with E-state index in [-0.39, 0.29) is 24.9 Å². The van der Waals surface area contributed by atoms with E-state index in [2.05, 4.69) is 10.3 Å². The Kier molecular flexibility index (Phi) is 4.66. The van der Waals surface area contributed by atoms with Crippen LogP contribution in [0, 0.1) is 0 Å². The van der Waals surface area contributed by atoms with Crippen LogP contribution in [0.4, 0.5) is 19.0 Å². The smallest absolute Gasteiger partial charge is 0.395 e. The van der Waals surface area contributed by atoms with Crippen molar-refractivity contribution in [2.75, 3.05) is 25.0 Å². The first-order valence-corrected chi connectivity index (χ1v) is 6.61. The van der Waals surface area contributed by atoms with Gasteiger partial charge in [0.1, 0.15) is 11.9 Å². The van der Waals surface area contributed by atoms with E-state index in [1.54, 1.807) is 0 Å². The first kappa shape index (κ1) is 15.6. The van der Waals surface area contributed by atoms with Crippen molar-refractivity contribution in [2.24, 2.45) is 0 Å². The fraction of sp³-hybridized carbons (Fsp3) is 0.538. The highest BCUT2D eigenvalue weighted by Gasteiger charge is 2.31. The maximum Gasteiger partial charge on any atom is 0.417 e. The van der Waals surface area contributed by atoms with E-state index in [4.69, 9.17) is 5.11 Å². The van der Waals surface area contributed by atoms with E-state index in [1.165, 1.54) is 11.0 Å². The van der Waals surface area contributed by atoms with Crippen LogP contribution in [-0.2, 0) is 11.0 Å². The molecule has 1 unspecified atom stereocenters. The average molecular weight is 303 g/mol. The Morgan fingerprint density at radius 3 is 2.76 bits per heavy atom. The molecule has 1 aromatic heterocycles. The lowest BCUT2D eigenvalue weighted by Crippen LogP contribution is -2.48. The summed E-state index contributed by atoms with van der Waals surface area (Å²) in [4.78, 5) is 17.3. The minimum absolute atomic E-state index is 0.114. The highest BCUT2D eigenvalue weighted by Crippen LogP contribution is 2.29. The number of aliphatic hydroxyl groups excluding tert-OH is 1. The summed E-state index contributed by atoms with van der Waals surface area (Å²) < 4.78 is 37.3. The number of nitrogens with one attached hydrogen (secondary N) is 1. The molecule has 0 aliphatic carbocycles. The molecule has 0 saturated carbocycles. The average Bonchev–Trinajstić information content (AvgIpc) is 2.43. The summed E-state index contributed by atoms with van der Waals surface area (Å²) in [5.41, 5.74) is -0.829. The molecule has 0 spiro atoms. The predicted octanol–water partition coefficient (Wildman–Crippen LogP) is 1.50. The maximum atomic E-state index is 12.4. The Morgan fingerprint density at radius 2 is 2.19 bits per heavy atom. The number of anilines is 1. The zero-order valence-electron chi connectivity index (χ0n) is 11.2. The fourth-order valence-electron chi connectivity index (χ4n) is 2.24. The SMILES string of the molecule is O=C1C(Nc2ccc(C(F)(F)F)cn2)CCCN1CCO. The van der Waals surface area contributed by atoms with Crippen molar-refractivity contribution in [2.45, 2.75) is 25.1 Å². The summed E-state index contributed by atoms with van der Waals surface area (Å²) in [6.45, 7) is 0.729. The van der Waals surface area contributed by atoms with Crippen molar-refractivity contribution in [3.05, 3.63) is 23.9 Å². The normalized spacial score (nSPS) is 19.7. The van der Waals surface area contributed by atoms with E-state index >= 15 is 0 Å². The Hall–Kier alpha value is -1.83. The molecule has 116 valence electrons. The molecule has 1 aromatic rings. The Morgan fingerprint density at radius 1 is 1.43 bits per heavy atom. The molecule has 1 saturated heterocycles. The van der Waals surface area contributed by atoms with Crippen LogP contribution in [0.5, 0.6) is 0 Å². The van der Waals surface area contributed by atoms with Crippen LogP contribution in [0.25, 0.3) is 0 Å². The van der Waals surface area contributed by atoms with E-state index in [1.807, 2.05) is 0 Å². The largest absolute Gasteiger partial charge is 0.417 e. The third kappa shape index (κ3) is 3.84. The first-order chi connectivity index (χ1) is 9.91. The molecule has 2 rings (SSSR count). The quantitative estimate of drug-likeness (QED) is 0.884. The molecule has 1 aliphatic heterocycles. The van der Waals surface area contributed by atoms with E-state index in [9.17, 15) is 18.0 Å². The number of halogens is 3. The van der Waals surface area contributed by atoms with Gasteiger partial charge in [0.15, 0.2) is 0 Å². The number of hydrogen-bond acceptors (Lipinski definition) is 4. The van der Waals surface area contributed by atoms with Gasteiger partial charge in [-0.15, -0.1) is 0 Å². The van der Waals surface area contributed by atoms with Crippen molar-refractivity contribution >= 4 is 11.7 Å². The van der Waals surface area contributed by atoms with Crippen molar-refractivity contribution in [1.29, 1.82) is 0 Å². The molecule has 2 heterocycles. The van der Waals surface area contributed by atoms with Crippen LogP contribution in [-0.4, -0.2) is 46.6 Å². The number of nitrogens with zero attached hydrogens (tertiary/aromatic N) is 2. The lowest BCUT2D eigenvalue weighted by atomic mass is 10.0. The Balaban J connectivity index is 2.02. The van der Waals surface area contributed by atoms with E-state index < -0.39 is 17.8 Å². The molecule has 1 fully saturated rings. The van der Waals surface area contributed by atoms with Gasteiger partial charge in [-0.3, -0.25) is 4.79 Å². The molecule has 2 N–H and O–H groups in total. The second-order valence-corrected chi connectivity index (χ2v) is 4.82. The highest BCUT2D eigenvalue weighted by atomic mass is 19.4. The lowest BCUT2D eigenvalue weighted by molar-refractivity contribution is -0.138. The molecule has 0 aromatic carbocycles. The first-order valence-electron chi connectivity index (χ1n) is 6.61. The standard InChI is InChI=1S/C13H16F3N3O2/c14-13(15,16)9-3-4-11(17-8-9)18-10-2-1-5-19(6-7-20)12(10)21/h3-4,8,10,20H,1-2,5-7H2,(H,17,18). The number of alkyl halides is 3. The molecule has 8 heteroatoms. The molecule has 5 nitrogen and oxygen atoms in total. The summed E-state index contributed by atoms with van der Waals surface area (Å²) in [5, 5.41) is 11.7. The van der Waals surface area contributed by atoms with Crippen LogP contribution in [0.2, 0.25) is 0 Å². The number of rotatable bonds is 4. The lowest BCUT2D eigenvalue weighted by Gasteiger charge is -2.32. The van der Waals surface area contributed by atoms with Crippen molar-refractivity contribution in [3.63, 3.8) is 0 Å². The number of carbonyl (C=O) groups excluding carboxylic acids is 1. The number of aromatic nitrogens is 1. The minimum Gasteiger partial charge on any atom is -0.395 e. The number of amides is 1. The summed E-state index contributed by atoms with van der Waals surface area (Å²) >= 11 is 0. The number of piperidine rings is 1. The van der Waals surface area contributed by atoms with Crippen LogP contribution in [0.3, 0.4) is 0 Å². The van der Waals surface area contributed by atoms with Crippen LogP contribution in [0.15, 0.2) is 18.3 Å². The molecule has 0 radical (unpaired) electrons. The number of carbonyl (C=O) groups is 1. The van der Waals surface area contributed by atoms with Gasteiger partial charge in [0, 0.05) is 19.3 Å². The highest BCUT2D eigenvalue weighted by molar-refractivity contribution is 5.85. The monoisotopic (exact) mass is 303 g/mol. The zero-order valence-corrected chi connectivity index (χ0v) is 11.2. The summed E-state index contributed by atoms with van der Waals surface area (Å²) in [6, 6.07) is 1.62.